The van der Waals surface area contributed by atoms with E-state index in [9.17, 15) is 13.2 Å². The lowest BCUT2D eigenvalue weighted by molar-refractivity contribution is -0.137. The summed E-state index contributed by atoms with van der Waals surface area (Å²) in [5.74, 6) is -0.869. The Labute approximate surface area is 104 Å². The van der Waals surface area contributed by atoms with Crippen LogP contribution in [0.5, 0.6) is 5.75 Å². The molecule has 0 saturated carbocycles. The summed E-state index contributed by atoms with van der Waals surface area (Å²) in [5.41, 5.74) is 0.345. The molecule has 2 N–H and O–H groups in total. The Hall–Kier alpha value is -1.76. The Morgan fingerprint density at radius 3 is 2.89 bits per heavy atom. The number of nitrogens with one attached hydrogen (secondary N) is 1. The maximum absolute atomic E-state index is 12.0. The third-order valence-corrected chi connectivity index (χ3v) is 4.58. The second-order valence-corrected chi connectivity index (χ2v) is 6.06. The van der Waals surface area contributed by atoms with Crippen LogP contribution in [-0.4, -0.2) is 38.4 Å². The summed E-state index contributed by atoms with van der Waals surface area (Å²) in [5, 5.41) is 11.7. The van der Waals surface area contributed by atoms with Gasteiger partial charge in [0, 0.05) is 0 Å². The molecule has 1 heterocycles. The van der Waals surface area contributed by atoms with Crippen LogP contribution in [0.4, 0.5) is 5.69 Å². The minimum Gasteiger partial charge on any atom is -0.495 e. The van der Waals surface area contributed by atoms with E-state index >= 15 is 0 Å². The number of aliphatic carboxylic acids is 1. The standard InChI is InChI=1S/C11H13NO5S/c1-17-8-3-2-4-9-11(8)12-7(5-10(13)14)6-18(9,15)16/h2-4,7,12H,5-6H2,1H3,(H,13,14). The van der Waals surface area contributed by atoms with E-state index in [0.29, 0.717) is 11.4 Å². The van der Waals surface area contributed by atoms with Crippen molar-refractivity contribution in [2.45, 2.75) is 17.4 Å². The van der Waals surface area contributed by atoms with Crippen LogP contribution < -0.4 is 10.1 Å². The van der Waals surface area contributed by atoms with Gasteiger partial charge in [0.15, 0.2) is 9.84 Å². The average molecular weight is 271 g/mol. The van der Waals surface area contributed by atoms with Crippen molar-refractivity contribution in [2.75, 3.05) is 18.2 Å². The number of carboxylic acids is 1. The van der Waals surface area contributed by atoms with Crippen molar-refractivity contribution in [3.8, 4) is 5.75 Å². The number of carbonyl (C=O) groups is 1. The third-order valence-electron chi connectivity index (χ3n) is 2.73. The van der Waals surface area contributed by atoms with Gasteiger partial charge in [-0.3, -0.25) is 4.79 Å². The molecule has 0 radical (unpaired) electrons. The maximum atomic E-state index is 12.0. The topological polar surface area (TPSA) is 92.7 Å². The van der Waals surface area contributed by atoms with Crippen molar-refractivity contribution < 1.29 is 23.1 Å². The molecule has 98 valence electrons. The monoisotopic (exact) mass is 271 g/mol. The quantitative estimate of drug-likeness (QED) is 0.842. The van der Waals surface area contributed by atoms with Gasteiger partial charge in [-0.05, 0) is 12.1 Å². The molecule has 0 saturated heterocycles. The predicted molar refractivity (Wildman–Crippen MR) is 64.7 cm³/mol. The normalized spacial score (nSPS) is 20.6. The van der Waals surface area contributed by atoms with E-state index < -0.39 is 21.8 Å². The molecule has 1 aliphatic rings. The number of ether oxygens (including phenoxy) is 1. The van der Waals surface area contributed by atoms with Crippen LogP contribution >= 0.6 is 0 Å². The number of hydrogen-bond acceptors (Lipinski definition) is 5. The first kappa shape index (κ1) is 12.7. The molecular weight excluding hydrogens is 258 g/mol. The van der Waals surface area contributed by atoms with Crippen LogP contribution in [0.3, 0.4) is 0 Å². The Balaban J connectivity index is 2.47. The zero-order valence-electron chi connectivity index (χ0n) is 9.71. The summed E-state index contributed by atoms with van der Waals surface area (Å²) in [4.78, 5) is 10.8. The van der Waals surface area contributed by atoms with Gasteiger partial charge in [-0.15, -0.1) is 0 Å². The molecular formula is C11H13NO5S. The van der Waals surface area contributed by atoms with Gasteiger partial charge in [-0.1, -0.05) is 6.07 Å². The minimum atomic E-state index is -3.48. The number of benzene rings is 1. The van der Waals surface area contributed by atoms with Crippen LogP contribution in [0, 0.1) is 0 Å². The molecule has 1 atom stereocenters. The highest BCUT2D eigenvalue weighted by atomic mass is 32.2. The van der Waals surface area contributed by atoms with Gasteiger partial charge >= 0.3 is 5.97 Å². The van der Waals surface area contributed by atoms with Crippen molar-refractivity contribution in [2.24, 2.45) is 0 Å². The molecule has 1 unspecified atom stereocenters. The van der Waals surface area contributed by atoms with Gasteiger partial charge in [0.2, 0.25) is 0 Å². The van der Waals surface area contributed by atoms with E-state index in [0.717, 1.165) is 0 Å². The Kier molecular flexibility index (Phi) is 3.16. The van der Waals surface area contributed by atoms with E-state index in [1.54, 1.807) is 12.1 Å². The van der Waals surface area contributed by atoms with Crippen molar-refractivity contribution in [1.29, 1.82) is 0 Å². The summed E-state index contributed by atoms with van der Waals surface area (Å²) >= 11 is 0. The predicted octanol–water partition coefficient (Wildman–Crippen LogP) is 0.738. The lowest BCUT2D eigenvalue weighted by atomic mass is 10.2. The van der Waals surface area contributed by atoms with Crippen LogP contribution in [0.15, 0.2) is 23.1 Å². The number of anilines is 1. The third kappa shape index (κ3) is 2.26. The molecule has 1 aliphatic heterocycles. The molecule has 1 aromatic carbocycles. The highest BCUT2D eigenvalue weighted by Crippen LogP contribution is 2.36. The van der Waals surface area contributed by atoms with Crippen molar-refractivity contribution in [3.05, 3.63) is 18.2 Å². The van der Waals surface area contributed by atoms with Gasteiger partial charge in [-0.25, -0.2) is 8.42 Å². The first-order valence-corrected chi connectivity index (χ1v) is 6.97. The van der Waals surface area contributed by atoms with Crippen LogP contribution in [0.25, 0.3) is 0 Å². The van der Waals surface area contributed by atoms with Gasteiger partial charge in [0.25, 0.3) is 0 Å². The fourth-order valence-corrected chi connectivity index (χ4v) is 3.67. The molecule has 6 nitrogen and oxygen atoms in total. The van der Waals surface area contributed by atoms with Crippen molar-refractivity contribution in [1.82, 2.24) is 0 Å². The van der Waals surface area contributed by atoms with Gasteiger partial charge in [-0.2, -0.15) is 0 Å². The van der Waals surface area contributed by atoms with E-state index in [1.165, 1.54) is 13.2 Å². The molecule has 2 rings (SSSR count). The number of hydrogen-bond donors (Lipinski definition) is 2. The lowest BCUT2D eigenvalue weighted by Crippen LogP contribution is -2.36. The number of para-hydroxylation sites is 1. The number of sulfone groups is 1. The van der Waals surface area contributed by atoms with Crippen LogP contribution in [-0.2, 0) is 14.6 Å². The largest absolute Gasteiger partial charge is 0.495 e. The zero-order valence-corrected chi connectivity index (χ0v) is 10.5. The SMILES string of the molecule is COc1cccc2c1NC(CC(=O)O)CS2(=O)=O. The maximum Gasteiger partial charge on any atom is 0.305 e. The second kappa shape index (κ2) is 4.49. The van der Waals surface area contributed by atoms with E-state index in [-0.39, 0.29) is 17.1 Å². The first-order valence-electron chi connectivity index (χ1n) is 5.32. The molecule has 1 aromatic rings. The number of fused-ring (bicyclic) bond motifs is 1. The van der Waals surface area contributed by atoms with Crippen molar-refractivity contribution in [3.63, 3.8) is 0 Å². The molecule has 0 fully saturated rings. The summed E-state index contributed by atoms with van der Waals surface area (Å²) in [7, 11) is -2.04. The molecule has 0 amide bonds. The lowest BCUT2D eigenvalue weighted by Gasteiger charge is -2.27. The fourth-order valence-electron chi connectivity index (χ4n) is 2.00. The highest BCUT2D eigenvalue weighted by molar-refractivity contribution is 7.91. The summed E-state index contributed by atoms with van der Waals surface area (Å²) in [6, 6.07) is 4.06. The Bertz CT molecular complexity index is 581. The van der Waals surface area contributed by atoms with Crippen LogP contribution in [0.1, 0.15) is 6.42 Å². The van der Waals surface area contributed by atoms with Gasteiger partial charge < -0.3 is 15.2 Å². The zero-order chi connectivity index (χ0) is 13.3. The second-order valence-electron chi connectivity index (χ2n) is 4.05. The van der Waals surface area contributed by atoms with E-state index in [1.807, 2.05) is 0 Å². The molecule has 7 heteroatoms. The molecule has 0 aromatic heterocycles. The van der Waals surface area contributed by atoms with Gasteiger partial charge in [0.1, 0.15) is 5.75 Å². The highest BCUT2D eigenvalue weighted by Gasteiger charge is 2.32. The Morgan fingerprint density at radius 2 is 2.28 bits per heavy atom. The minimum absolute atomic E-state index is 0.156. The smallest absolute Gasteiger partial charge is 0.305 e. The fraction of sp³-hybridized carbons (Fsp3) is 0.364. The molecule has 0 aliphatic carbocycles. The van der Waals surface area contributed by atoms with E-state index in [4.69, 9.17) is 9.84 Å². The summed E-state index contributed by atoms with van der Waals surface area (Å²) in [6.07, 6.45) is -0.253. The molecule has 0 bridgehead atoms. The average Bonchev–Trinajstić information content (AvgIpc) is 2.26. The van der Waals surface area contributed by atoms with Gasteiger partial charge in [0.05, 0.1) is 35.9 Å². The summed E-state index contributed by atoms with van der Waals surface area (Å²) < 4.78 is 29.2. The first-order chi connectivity index (χ1) is 8.44. The Morgan fingerprint density at radius 1 is 1.56 bits per heavy atom. The van der Waals surface area contributed by atoms with Crippen LogP contribution in [0.2, 0.25) is 0 Å². The summed E-state index contributed by atoms with van der Waals surface area (Å²) in [6.45, 7) is 0. The molecule has 18 heavy (non-hydrogen) atoms. The number of carboxylic acid groups (broad SMARTS) is 1. The van der Waals surface area contributed by atoms with Crippen molar-refractivity contribution >= 4 is 21.5 Å². The molecule has 0 spiro atoms. The number of methoxy groups -OCH3 is 1. The number of rotatable bonds is 3. The van der Waals surface area contributed by atoms with E-state index in [2.05, 4.69) is 5.32 Å².